The molecule has 0 saturated carbocycles. The summed E-state index contributed by atoms with van der Waals surface area (Å²) < 4.78 is 16.3. The summed E-state index contributed by atoms with van der Waals surface area (Å²) >= 11 is 1.55. The molecule has 1 aromatic carbocycles. The normalized spacial score (nSPS) is 16.0. The Bertz CT molecular complexity index is 900. The van der Waals surface area contributed by atoms with E-state index in [4.69, 9.17) is 14.2 Å². The monoisotopic (exact) mass is 431 g/mol. The Morgan fingerprint density at radius 1 is 1.20 bits per heavy atom. The number of benzene rings is 1. The second-order valence-electron chi connectivity index (χ2n) is 7.20. The molecule has 2 amide bonds. The maximum Gasteiger partial charge on any atom is 0.260 e. The summed E-state index contributed by atoms with van der Waals surface area (Å²) in [6.45, 7) is 2.13. The molecular weight excluding hydrogens is 406 g/mol. The fourth-order valence-electron chi connectivity index (χ4n) is 3.55. The van der Waals surface area contributed by atoms with Gasteiger partial charge in [-0.2, -0.15) is 0 Å². The van der Waals surface area contributed by atoms with E-state index in [-0.39, 0.29) is 18.4 Å². The minimum absolute atomic E-state index is 0.0907. The van der Waals surface area contributed by atoms with Crippen LogP contribution in [-0.2, 0) is 22.4 Å². The van der Waals surface area contributed by atoms with Crippen LogP contribution in [0.2, 0.25) is 0 Å². The summed E-state index contributed by atoms with van der Waals surface area (Å²) in [5.74, 6) is 0.460. The number of methoxy groups -OCH3 is 1. The number of carbonyl (C=O) groups is 2. The molecule has 0 bridgehead atoms. The molecule has 0 atom stereocenters. The zero-order valence-corrected chi connectivity index (χ0v) is 17.8. The van der Waals surface area contributed by atoms with Crippen LogP contribution in [0, 0.1) is 0 Å². The van der Waals surface area contributed by atoms with E-state index in [9.17, 15) is 9.59 Å². The maximum atomic E-state index is 12.7. The lowest BCUT2D eigenvalue weighted by atomic mass is 10.0. The lowest BCUT2D eigenvalue weighted by Crippen LogP contribution is -2.43. The molecule has 8 nitrogen and oxygen atoms in total. The van der Waals surface area contributed by atoms with Crippen LogP contribution in [0.4, 0.5) is 5.13 Å². The van der Waals surface area contributed by atoms with E-state index < -0.39 is 0 Å². The fourth-order valence-corrected chi connectivity index (χ4v) is 4.59. The quantitative estimate of drug-likeness (QED) is 0.756. The van der Waals surface area contributed by atoms with E-state index in [1.807, 2.05) is 0 Å². The van der Waals surface area contributed by atoms with E-state index in [0.29, 0.717) is 48.5 Å². The molecule has 1 aromatic heterocycles. The minimum atomic E-state index is -0.254. The van der Waals surface area contributed by atoms with Gasteiger partial charge in [-0.15, -0.1) is 11.3 Å². The molecule has 1 aliphatic carbocycles. The first-order valence-corrected chi connectivity index (χ1v) is 10.9. The van der Waals surface area contributed by atoms with Crippen LogP contribution < -0.4 is 14.8 Å². The van der Waals surface area contributed by atoms with Crippen molar-refractivity contribution in [2.24, 2.45) is 0 Å². The van der Waals surface area contributed by atoms with Gasteiger partial charge in [-0.3, -0.25) is 14.9 Å². The largest absolute Gasteiger partial charge is 0.493 e. The van der Waals surface area contributed by atoms with Gasteiger partial charge >= 0.3 is 0 Å². The van der Waals surface area contributed by atoms with E-state index in [1.165, 1.54) is 18.4 Å². The summed E-state index contributed by atoms with van der Waals surface area (Å²) in [7, 11) is 1.50. The molecule has 1 N–H and O–H groups in total. The molecule has 0 radical (unpaired) electrons. The summed E-state index contributed by atoms with van der Waals surface area (Å²) in [6, 6.07) is 4.91. The van der Waals surface area contributed by atoms with Gasteiger partial charge in [0.25, 0.3) is 11.8 Å². The summed E-state index contributed by atoms with van der Waals surface area (Å²) in [6.07, 6.45) is 4.34. The van der Waals surface area contributed by atoms with Gasteiger partial charge in [0, 0.05) is 23.5 Å². The molecule has 2 heterocycles. The Morgan fingerprint density at radius 3 is 2.77 bits per heavy atom. The average Bonchev–Trinajstić information content (AvgIpc) is 3.20. The Hall–Kier alpha value is -2.65. The molecule has 2 aliphatic rings. The molecule has 2 aromatic rings. The van der Waals surface area contributed by atoms with Crippen LogP contribution in [0.3, 0.4) is 0 Å². The summed E-state index contributed by atoms with van der Waals surface area (Å²) in [4.78, 5) is 32.5. The number of anilines is 1. The van der Waals surface area contributed by atoms with Crippen LogP contribution in [0.25, 0.3) is 0 Å². The number of amides is 2. The Kier molecular flexibility index (Phi) is 6.49. The smallest absolute Gasteiger partial charge is 0.260 e. The highest BCUT2D eigenvalue weighted by Gasteiger charge is 2.20. The average molecular weight is 432 g/mol. The Labute approximate surface area is 179 Å². The lowest BCUT2D eigenvalue weighted by Gasteiger charge is -2.26. The van der Waals surface area contributed by atoms with Crippen molar-refractivity contribution in [2.75, 3.05) is 45.3 Å². The van der Waals surface area contributed by atoms with Gasteiger partial charge < -0.3 is 19.1 Å². The van der Waals surface area contributed by atoms with Gasteiger partial charge in [-0.25, -0.2) is 4.98 Å². The van der Waals surface area contributed by atoms with Crippen molar-refractivity contribution < 1.29 is 23.8 Å². The molecule has 4 rings (SSSR count). The van der Waals surface area contributed by atoms with Crippen molar-refractivity contribution in [3.8, 4) is 11.5 Å². The van der Waals surface area contributed by atoms with E-state index in [0.717, 1.165) is 25.0 Å². The van der Waals surface area contributed by atoms with Crippen molar-refractivity contribution in [1.29, 1.82) is 0 Å². The molecule has 1 fully saturated rings. The third kappa shape index (κ3) is 4.73. The number of thiazole rings is 1. The molecule has 1 aliphatic heterocycles. The van der Waals surface area contributed by atoms with Gasteiger partial charge in [-0.05, 0) is 43.9 Å². The van der Waals surface area contributed by atoms with Crippen LogP contribution in [0.5, 0.6) is 11.5 Å². The first-order chi connectivity index (χ1) is 14.6. The number of morpholine rings is 1. The topological polar surface area (TPSA) is 90.0 Å². The predicted molar refractivity (Wildman–Crippen MR) is 113 cm³/mol. The number of rotatable bonds is 6. The van der Waals surface area contributed by atoms with Gasteiger partial charge in [0.2, 0.25) is 0 Å². The minimum Gasteiger partial charge on any atom is -0.493 e. The number of hydrogen-bond donors (Lipinski definition) is 1. The van der Waals surface area contributed by atoms with E-state index in [1.54, 1.807) is 34.4 Å². The Balaban J connectivity index is 1.39. The van der Waals surface area contributed by atoms with Crippen LogP contribution in [-0.4, -0.2) is 61.7 Å². The number of hydrogen-bond acceptors (Lipinski definition) is 7. The summed E-state index contributed by atoms with van der Waals surface area (Å²) in [5, 5.41) is 3.51. The molecule has 160 valence electrons. The third-order valence-electron chi connectivity index (χ3n) is 5.21. The van der Waals surface area contributed by atoms with Gasteiger partial charge in [0.1, 0.15) is 0 Å². The number of carbonyl (C=O) groups excluding carboxylic acids is 2. The van der Waals surface area contributed by atoms with Crippen molar-refractivity contribution >= 4 is 28.3 Å². The second-order valence-corrected chi connectivity index (χ2v) is 8.28. The maximum absolute atomic E-state index is 12.7. The highest BCUT2D eigenvalue weighted by Crippen LogP contribution is 2.31. The van der Waals surface area contributed by atoms with Crippen molar-refractivity contribution in [1.82, 2.24) is 9.88 Å². The molecular formula is C21H25N3O5S. The molecule has 1 saturated heterocycles. The zero-order valence-electron chi connectivity index (χ0n) is 16.9. The lowest BCUT2D eigenvalue weighted by molar-refractivity contribution is -0.137. The second kappa shape index (κ2) is 9.44. The number of fused-ring (bicyclic) bond motifs is 1. The molecule has 0 spiro atoms. The Morgan fingerprint density at radius 2 is 2.00 bits per heavy atom. The van der Waals surface area contributed by atoms with Crippen LogP contribution in [0.1, 0.15) is 33.8 Å². The SMILES string of the molecule is COc1cc(C(=O)Nc2nc3c(s2)CCCC3)ccc1OCC(=O)N1CCOCC1. The van der Waals surface area contributed by atoms with Crippen molar-refractivity contribution in [3.63, 3.8) is 0 Å². The standard InChI is InChI=1S/C21H25N3O5S/c1-27-17-12-14(20(26)23-21-22-15-4-2-3-5-18(15)30-21)6-7-16(17)29-13-19(25)24-8-10-28-11-9-24/h6-7,12H,2-5,8-11,13H2,1H3,(H,22,23,26). The fraction of sp³-hybridized carbons (Fsp3) is 0.476. The molecule has 9 heteroatoms. The molecule has 0 unspecified atom stereocenters. The summed E-state index contributed by atoms with van der Waals surface area (Å²) in [5.41, 5.74) is 1.54. The van der Waals surface area contributed by atoms with Gasteiger partial charge in [0.15, 0.2) is 23.2 Å². The van der Waals surface area contributed by atoms with Crippen molar-refractivity contribution in [2.45, 2.75) is 25.7 Å². The van der Waals surface area contributed by atoms with E-state index in [2.05, 4.69) is 10.3 Å². The van der Waals surface area contributed by atoms with Crippen molar-refractivity contribution in [3.05, 3.63) is 34.3 Å². The first-order valence-electron chi connectivity index (χ1n) is 10.1. The van der Waals surface area contributed by atoms with E-state index >= 15 is 0 Å². The predicted octanol–water partition coefficient (Wildman–Crippen LogP) is 2.52. The number of aromatic nitrogens is 1. The van der Waals surface area contributed by atoms with Gasteiger partial charge in [-0.1, -0.05) is 0 Å². The third-order valence-corrected chi connectivity index (χ3v) is 6.28. The number of nitrogens with one attached hydrogen (secondary N) is 1. The zero-order chi connectivity index (χ0) is 20.9. The number of nitrogens with zero attached hydrogens (tertiary/aromatic N) is 2. The van der Waals surface area contributed by atoms with Crippen LogP contribution >= 0.6 is 11.3 Å². The molecule has 30 heavy (non-hydrogen) atoms. The number of aryl methyl sites for hydroxylation is 2. The highest BCUT2D eigenvalue weighted by atomic mass is 32.1. The first kappa shape index (κ1) is 20.6. The highest BCUT2D eigenvalue weighted by molar-refractivity contribution is 7.15. The van der Waals surface area contributed by atoms with Crippen LogP contribution in [0.15, 0.2) is 18.2 Å². The van der Waals surface area contributed by atoms with Gasteiger partial charge in [0.05, 0.1) is 26.0 Å². The number of ether oxygens (including phenoxy) is 3.